The highest BCUT2D eigenvalue weighted by Gasteiger charge is 2.44. The highest BCUT2D eigenvalue weighted by Crippen LogP contribution is 2.31. The Balaban J connectivity index is 2.01. The number of ether oxygens (including phenoxy) is 2. The zero-order chi connectivity index (χ0) is 17.2. The van der Waals surface area contributed by atoms with E-state index in [9.17, 15) is 20.1 Å². The third-order valence-corrected chi connectivity index (χ3v) is 4.40. The molecular weight excluding hydrogens is 304 g/mol. The normalized spacial score (nSPS) is 45.0. The van der Waals surface area contributed by atoms with Crippen molar-refractivity contribution in [2.75, 3.05) is 13.2 Å². The molecule has 7 nitrogen and oxygen atoms in total. The van der Waals surface area contributed by atoms with Gasteiger partial charge in [0.2, 0.25) is 0 Å². The quantitative estimate of drug-likeness (QED) is 0.507. The van der Waals surface area contributed by atoms with Crippen molar-refractivity contribution in [1.29, 1.82) is 0 Å². The van der Waals surface area contributed by atoms with Crippen molar-refractivity contribution < 1.29 is 34.7 Å². The summed E-state index contributed by atoms with van der Waals surface area (Å²) in [7, 11) is 0. The number of Topliss-reactive ketones (excluding diaryl/α,β-unsaturated/α-hetero) is 1. The van der Waals surface area contributed by atoms with Crippen molar-refractivity contribution in [1.82, 2.24) is 0 Å². The van der Waals surface area contributed by atoms with Crippen molar-refractivity contribution in [2.45, 2.75) is 57.4 Å². The summed E-state index contributed by atoms with van der Waals surface area (Å²) >= 11 is 0. The van der Waals surface area contributed by atoms with Gasteiger partial charge in [-0.1, -0.05) is 26.0 Å². The van der Waals surface area contributed by atoms with E-state index in [-0.39, 0.29) is 18.3 Å². The largest absolute Gasteiger partial charge is 0.394 e. The summed E-state index contributed by atoms with van der Waals surface area (Å²) < 4.78 is 10.9. The first-order valence-corrected chi connectivity index (χ1v) is 7.89. The van der Waals surface area contributed by atoms with Crippen molar-refractivity contribution in [3.05, 3.63) is 12.2 Å². The maximum atomic E-state index is 11.9. The van der Waals surface area contributed by atoms with E-state index in [1.807, 2.05) is 26.0 Å². The van der Waals surface area contributed by atoms with Gasteiger partial charge in [-0.05, 0) is 5.92 Å². The first-order chi connectivity index (χ1) is 10.8. The molecule has 132 valence electrons. The van der Waals surface area contributed by atoms with Gasteiger partial charge in [-0.25, -0.2) is 0 Å². The molecule has 0 unspecified atom stereocenters. The molecular formula is C16H26O7. The smallest absolute Gasteiger partial charge is 0.186 e. The average molecular weight is 330 g/mol. The Morgan fingerprint density at radius 2 is 2.00 bits per heavy atom. The van der Waals surface area contributed by atoms with Crippen LogP contribution in [0.1, 0.15) is 26.7 Å². The number of ketones is 1. The number of aliphatic hydroxyl groups excluding tert-OH is 4. The highest BCUT2D eigenvalue weighted by molar-refractivity contribution is 5.80. The molecule has 1 heterocycles. The second kappa shape index (κ2) is 7.38. The third kappa shape index (κ3) is 4.37. The summed E-state index contributed by atoms with van der Waals surface area (Å²) in [4.78, 5) is 11.9. The first-order valence-electron chi connectivity index (χ1n) is 7.89. The standard InChI is InChI=1S/C16H26O7/c1-9-3-4-16(2,6-10(18)5-9)8-22-15-14(21)13(20)12(19)11(7-17)23-15/h3-4,9,11-15,17,19-21H,5-8H2,1-2H3/t9-,11-,12-,13+,14-,15-,16-/m1/s1. The van der Waals surface area contributed by atoms with Crippen molar-refractivity contribution in [3.8, 4) is 0 Å². The molecule has 1 aliphatic heterocycles. The Hall–Kier alpha value is -0.830. The van der Waals surface area contributed by atoms with Crippen LogP contribution in [0.3, 0.4) is 0 Å². The molecule has 1 fully saturated rings. The number of rotatable bonds is 4. The molecule has 0 aromatic heterocycles. The molecule has 1 aliphatic carbocycles. The molecule has 1 saturated heterocycles. The minimum absolute atomic E-state index is 0.116. The zero-order valence-corrected chi connectivity index (χ0v) is 13.5. The van der Waals surface area contributed by atoms with Crippen molar-refractivity contribution in [3.63, 3.8) is 0 Å². The van der Waals surface area contributed by atoms with E-state index in [1.165, 1.54) is 0 Å². The van der Waals surface area contributed by atoms with Gasteiger partial charge >= 0.3 is 0 Å². The number of hydrogen-bond donors (Lipinski definition) is 4. The lowest BCUT2D eigenvalue weighted by Gasteiger charge is -2.40. The Bertz CT molecular complexity index is 450. The molecule has 0 bridgehead atoms. The van der Waals surface area contributed by atoms with Crippen LogP contribution in [0.25, 0.3) is 0 Å². The molecule has 0 aromatic carbocycles. The van der Waals surface area contributed by atoms with Gasteiger partial charge in [-0.15, -0.1) is 0 Å². The van der Waals surface area contributed by atoms with Crippen LogP contribution < -0.4 is 0 Å². The number of carbonyl (C=O) groups is 1. The highest BCUT2D eigenvalue weighted by atomic mass is 16.7. The Kier molecular flexibility index (Phi) is 5.94. The Morgan fingerprint density at radius 3 is 2.65 bits per heavy atom. The minimum atomic E-state index is -1.47. The van der Waals surface area contributed by atoms with Crippen LogP contribution in [-0.2, 0) is 14.3 Å². The van der Waals surface area contributed by atoms with Crippen LogP contribution in [0.15, 0.2) is 12.2 Å². The van der Waals surface area contributed by atoms with Crippen LogP contribution in [-0.4, -0.2) is 70.1 Å². The number of aliphatic hydroxyl groups is 4. The topological polar surface area (TPSA) is 116 Å². The molecule has 23 heavy (non-hydrogen) atoms. The summed E-state index contributed by atoms with van der Waals surface area (Å²) in [5, 5.41) is 38.6. The third-order valence-electron chi connectivity index (χ3n) is 4.40. The molecule has 7 heteroatoms. The van der Waals surface area contributed by atoms with E-state index in [4.69, 9.17) is 14.6 Å². The van der Waals surface area contributed by atoms with E-state index >= 15 is 0 Å². The van der Waals surface area contributed by atoms with Crippen LogP contribution in [0, 0.1) is 11.3 Å². The van der Waals surface area contributed by atoms with Crippen LogP contribution >= 0.6 is 0 Å². The molecule has 0 radical (unpaired) electrons. The maximum Gasteiger partial charge on any atom is 0.186 e. The summed E-state index contributed by atoms with van der Waals surface area (Å²) in [5.74, 6) is 0.319. The second-order valence-electron chi connectivity index (χ2n) is 6.92. The molecule has 2 rings (SSSR count). The predicted octanol–water partition coefficient (Wildman–Crippen LogP) is -0.636. The summed E-state index contributed by atoms with van der Waals surface area (Å²) in [6.45, 7) is 3.46. The fourth-order valence-corrected chi connectivity index (χ4v) is 2.98. The minimum Gasteiger partial charge on any atom is -0.394 e. The fourth-order valence-electron chi connectivity index (χ4n) is 2.98. The van der Waals surface area contributed by atoms with Gasteiger partial charge in [0.05, 0.1) is 13.2 Å². The second-order valence-corrected chi connectivity index (χ2v) is 6.92. The fraction of sp³-hybridized carbons (Fsp3) is 0.812. The van der Waals surface area contributed by atoms with E-state index < -0.39 is 42.7 Å². The lowest BCUT2D eigenvalue weighted by Crippen LogP contribution is -2.59. The van der Waals surface area contributed by atoms with Gasteiger partial charge in [0.1, 0.15) is 30.2 Å². The van der Waals surface area contributed by atoms with E-state index in [0.717, 1.165) is 0 Å². The number of allylic oxidation sites excluding steroid dienone is 1. The SMILES string of the molecule is C[C@@H]1C=C[C@@](C)(CO[C@@H]2O[C@H](CO)[C@@H](O)[C@H](O)[C@H]2O)CC(=O)C1. The van der Waals surface area contributed by atoms with Gasteiger partial charge < -0.3 is 29.9 Å². The summed E-state index contributed by atoms with van der Waals surface area (Å²) in [5.41, 5.74) is -0.527. The Labute approximate surface area is 135 Å². The summed E-state index contributed by atoms with van der Waals surface area (Å²) in [6, 6.07) is 0. The molecule has 0 saturated carbocycles. The van der Waals surface area contributed by atoms with Crippen molar-refractivity contribution in [2.24, 2.45) is 11.3 Å². The predicted molar refractivity (Wildman–Crippen MR) is 80.4 cm³/mol. The molecule has 2 aliphatic rings. The average Bonchev–Trinajstić information content (AvgIpc) is 2.62. The molecule has 0 spiro atoms. The molecule has 7 atom stereocenters. The molecule has 4 N–H and O–H groups in total. The van der Waals surface area contributed by atoms with Gasteiger partial charge in [0.15, 0.2) is 6.29 Å². The summed E-state index contributed by atoms with van der Waals surface area (Å²) in [6.07, 6.45) is -1.76. The van der Waals surface area contributed by atoms with Gasteiger partial charge in [-0.2, -0.15) is 0 Å². The monoisotopic (exact) mass is 330 g/mol. The zero-order valence-electron chi connectivity index (χ0n) is 13.5. The lowest BCUT2D eigenvalue weighted by molar-refractivity contribution is -0.304. The number of hydrogen-bond acceptors (Lipinski definition) is 7. The Morgan fingerprint density at radius 1 is 1.30 bits per heavy atom. The first kappa shape index (κ1) is 18.5. The van der Waals surface area contributed by atoms with E-state index in [0.29, 0.717) is 12.8 Å². The van der Waals surface area contributed by atoms with Crippen molar-refractivity contribution >= 4 is 5.78 Å². The van der Waals surface area contributed by atoms with E-state index in [2.05, 4.69) is 0 Å². The van der Waals surface area contributed by atoms with Crippen LogP contribution in [0.5, 0.6) is 0 Å². The van der Waals surface area contributed by atoms with Gasteiger partial charge in [-0.3, -0.25) is 4.79 Å². The van der Waals surface area contributed by atoms with Gasteiger partial charge in [0.25, 0.3) is 0 Å². The van der Waals surface area contributed by atoms with E-state index in [1.54, 1.807) is 0 Å². The maximum absolute atomic E-state index is 11.9. The molecule has 0 amide bonds. The number of carbonyl (C=O) groups excluding carboxylic acids is 1. The van der Waals surface area contributed by atoms with Crippen LogP contribution in [0.2, 0.25) is 0 Å². The molecule has 0 aromatic rings. The van der Waals surface area contributed by atoms with Crippen LogP contribution in [0.4, 0.5) is 0 Å². The van der Waals surface area contributed by atoms with Gasteiger partial charge in [0, 0.05) is 18.3 Å². The lowest BCUT2D eigenvalue weighted by atomic mass is 9.86.